The highest BCUT2D eigenvalue weighted by molar-refractivity contribution is 9.10. The molecule has 0 aromatic heterocycles. The van der Waals surface area contributed by atoms with Crippen LogP contribution in [0.25, 0.3) is 0 Å². The molecular weight excluding hydrogens is 328 g/mol. The van der Waals surface area contributed by atoms with Gasteiger partial charge in [-0.15, -0.1) is 0 Å². The maximum atomic E-state index is 12.7. The molecule has 3 nitrogen and oxygen atoms in total. The number of anilines is 2. The molecule has 0 atom stereocenters. The summed E-state index contributed by atoms with van der Waals surface area (Å²) in [5.41, 5.74) is 7.34. The van der Waals surface area contributed by atoms with Crippen molar-refractivity contribution in [1.82, 2.24) is 0 Å². The standard InChI is InChI=1S/C17H21BrN2O/c18-14-8-13(1-2-15(14)19)20-17(21)16-11-4-9-3-10(6-11)7-12(16)5-9/h1-2,8-12,16H,3-7,19H2,(H,20,21). The molecule has 4 fully saturated rings. The van der Waals surface area contributed by atoms with Gasteiger partial charge in [0.25, 0.3) is 0 Å². The molecule has 0 radical (unpaired) electrons. The summed E-state index contributed by atoms with van der Waals surface area (Å²) in [6.45, 7) is 0. The Balaban J connectivity index is 1.51. The van der Waals surface area contributed by atoms with Gasteiger partial charge in [-0.1, -0.05) is 0 Å². The number of nitrogens with one attached hydrogen (secondary N) is 1. The highest BCUT2D eigenvalue weighted by atomic mass is 79.9. The molecule has 1 aromatic carbocycles. The molecule has 21 heavy (non-hydrogen) atoms. The summed E-state index contributed by atoms with van der Waals surface area (Å²) in [7, 11) is 0. The molecule has 5 rings (SSSR count). The maximum Gasteiger partial charge on any atom is 0.228 e. The quantitative estimate of drug-likeness (QED) is 0.792. The normalized spacial score (nSPS) is 36.7. The molecule has 4 aliphatic rings. The highest BCUT2D eigenvalue weighted by Gasteiger charge is 2.50. The number of amides is 1. The molecule has 1 amide bonds. The fraction of sp³-hybridized carbons (Fsp3) is 0.588. The van der Waals surface area contributed by atoms with Crippen molar-refractivity contribution in [2.45, 2.75) is 32.1 Å². The van der Waals surface area contributed by atoms with Crippen LogP contribution in [0.2, 0.25) is 0 Å². The average Bonchev–Trinajstić information content (AvgIpc) is 2.41. The number of hydrogen-bond donors (Lipinski definition) is 2. The Hall–Kier alpha value is -1.03. The van der Waals surface area contributed by atoms with Gasteiger partial charge in [0.15, 0.2) is 0 Å². The Morgan fingerprint density at radius 3 is 2.29 bits per heavy atom. The Morgan fingerprint density at radius 2 is 1.71 bits per heavy atom. The van der Waals surface area contributed by atoms with Crippen molar-refractivity contribution in [3.8, 4) is 0 Å². The van der Waals surface area contributed by atoms with E-state index in [1.54, 1.807) is 0 Å². The van der Waals surface area contributed by atoms with E-state index in [1.165, 1.54) is 32.1 Å². The van der Waals surface area contributed by atoms with E-state index in [-0.39, 0.29) is 11.8 Å². The third-order valence-corrected chi connectivity index (χ3v) is 6.48. The van der Waals surface area contributed by atoms with E-state index in [0.29, 0.717) is 17.5 Å². The van der Waals surface area contributed by atoms with E-state index in [2.05, 4.69) is 21.2 Å². The number of carbonyl (C=O) groups is 1. The second-order valence-electron chi connectivity index (χ2n) is 7.18. The van der Waals surface area contributed by atoms with Crippen LogP contribution in [0.15, 0.2) is 22.7 Å². The van der Waals surface area contributed by atoms with Crippen molar-refractivity contribution in [2.24, 2.45) is 29.6 Å². The van der Waals surface area contributed by atoms with Gasteiger partial charge in [0, 0.05) is 21.8 Å². The fourth-order valence-corrected chi connectivity index (χ4v) is 5.56. The van der Waals surface area contributed by atoms with Crippen LogP contribution >= 0.6 is 15.9 Å². The SMILES string of the molecule is Nc1ccc(NC(=O)C2C3CC4CC(C3)CC2C4)cc1Br. The molecule has 0 saturated heterocycles. The summed E-state index contributed by atoms with van der Waals surface area (Å²) < 4.78 is 0.838. The predicted octanol–water partition coefficient (Wildman–Crippen LogP) is 4.04. The molecule has 112 valence electrons. The lowest BCUT2D eigenvalue weighted by molar-refractivity contribution is -0.132. The van der Waals surface area contributed by atoms with Gasteiger partial charge in [-0.3, -0.25) is 4.79 Å². The smallest absolute Gasteiger partial charge is 0.228 e. The maximum absolute atomic E-state index is 12.7. The van der Waals surface area contributed by atoms with E-state index in [9.17, 15) is 4.79 Å². The summed E-state index contributed by atoms with van der Waals surface area (Å²) >= 11 is 3.42. The zero-order valence-corrected chi connectivity index (χ0v) is 13.6. The molecule has 0 heterocycles. The third kappa shape index (κ3) is 2.37. The fourth-order valence-electron chi connectivity index (χ4n) is 5.18. The van der Waals surface area contributed by atoms with E-state index >= 15 is 0 Å². The third-order valence-electron chi connectivity index (χ3n) is 5.80. The first kappa shape index (κ1) is 13.6. The first-order valence-electron chi connectivity index (χ1n) is 7.96. The zero-order valence-electron chi connectivity index (χ0n) is 12.0. The first-order chi connectivity index (χ1) is 10.1. The van der Waals surface area contributed by atoms with Gasteiger partial charge in [-0.05, 0) is 89.9 Å². The van der Waals surface area contributed by atoms with Crippen LogP contribution in [0.4, 0.5) is 11.4 Å². The highest BCUT2D eigenvalue weighted by Crippen LogP contribution is 2.56. The largest absolute Gasteiger partial charge is 0.398 e. The number of rotatable bonds is 2. The molecule has 0 aliphatic heterocycles. The van der Waals surface area contributed by atoms with Crippen molar-refractivity contribution < 1.29 is 4.79 Å². The minimum absolute atomic E-state index is 0.223. The van der Waals surface area contributed by atoms with Crippen molar-refractivity contribution >= 4 is 33.2 Å². The van der Waals surface area contributed by atoms with Crippen molar-refractivity contribution in [1.29, 1.82) is 0 Å². The molecule has 1 aromatic rings. The van der Waals surface area contributed by atoms with Crippen molar-refractivity contribution in [2.75, 3.05) is 11.1 Å². The number of benzene rings is 1. The molecular formula is C17H21BrN2O. The zero-order chi connectivity index (χ0) is 14.6. The van der Waals surface area contributed by atoms with Crippen LogP contribution in [0.3, 0.4) is 0 Å². The van der Waals surface area contributed by atoms with E-state index in [4.69, 9.17) is 5.73 Å². The topological polar surface area (TPSA) is 55.1 Å². The first-order valence-corrected chi connectivity index (χ1v) is 8.75. The Bertz CT molecular complexity index is 558. The van der Waals surface area contributed by atoms with Gasteiger partial charge in [-0.25, -0.2) is 0 Å². The Labute approximate surface area is 133 Å². The molecule has 0 spiro atoms. The van der Waals surface area contributed by atoms with E-state index < -0.39 is 0 Å². The van der Waals surface area contributed by atoms with Crippen LogP contribution in [0.1, 0.15) is 32.1 Å². The second kappa shape index (κ2) is 5.01. The van der Waals surface area contributed by atoms with Crippen LogP contribution in [-0.2, 0) is 4.79 Å². The average molecular weight is 349 g/mol. The molecule has 4 bridgehead atoms. The minimum atomic E-state index is 0.223. The van der Waals surface area contributed by atoms with Crippen molar-refractivity contribution in [3.05, 3.63) is 22.7 Å². The summed E-state index contributed by atoms with van der Waals surface area (Å²) in [4.78, 5) is 12.7. The van der Waals surface area contributed by atoms with Crippen LogP contribution < -0.4 is 11.1 Å². The number of hydrogen-bond acceptors (Lipinski definition) is 2. The van der Waals surface area contributed by atoms with Gasteiger partial charge in [0.2, 0.25) is 5.91 Å². The van der Waals surface area contributed by atoms with Crippen LogP contribution in [0.5, 0.6) is 0 Å². The predicted molar refractivity (Wildman–Crippen MR) is 87.7 cm³/mol. The number of halogens is 1. The van der Waals surface area contributed by atoms with E-state index in [0.717, 1.165) is 22.0 Å². The summed E-state index contributed by atoms with van der Waals surface area (Å²) in [6, 6.07) is 5.61. The van der Waals surface area contributed by atoms with Crippen LogP contribution in [0, 0.1) is 29.6 Å². The summed E-state index contributed by atoms with van der Waals surface area (Å²) in [5.74, 6) is 3.51. The number of carbonyl (C=O) groups excluding carboxylic acids is 1. The van der Waals surface area contributed by atoms with Gasteiger partial charge in [0.05, 0.1) is 0 Å². The second-order valence-corrected chi connectivity index (χ2v) is 8.04. The summed E-state index contributed by atoms with van der Waals surface area (Å²) in [5, 5.41) is 3.11. The molecule has 0 unspecified atom stereocenters. The number of nitrogens with two attached hydrogens (primary N) is 1. The molecule has 4 heteroatoms. The molecule has 3 N–H and O–H groups in total. The van der Waals surface area contributed by atoms with Crippen LogP contribution in [-0.4, -0.2) is 5.91 Å². The van der Waals surface area contributed by atoms with Gasteiger partial charge < -0.3 is 11.1 Å². The van der Waals surface area contributed by atoms with Gasteiger partial charge in [-0.2, -0.15) is 0 Å². The summed E-state index contributed by atoms with van der Waals surface area (Å²) in [6.07, 6.45) is 6.52. The monoisotopic (exact) mass is 348 g/mol. The number of nitrogen functional groups attached to an aromatic ring is 1. The minimum Gasteiger partial charge on any atom is -0.398 e. The lowest BCUT2D eigenvalue weighted by Crippen LogP contribution is -2.49. The Morgan fingerprint density at radius 1 is 1.10 bits per heavy atom. The van der Waals surface area contributed by atoms with Gasteiger partial charge in [0.1, 0.15) is 0 Å². The van der Waals surface area contributed by atoms with Crippen molar-refractivity contribution in [3.63, 3.8) is 0 Å². The van der Waals surface area contributed by atoms with E-state index in [1.807, 2.05) is 18.2 Å². The lowest BCUT2D eigenvalue weighted by Gasteiger charge is -2.53. The molecule has 4 aliphatic carbocycles. The lowest BCUT2D eigenvalue weighted by atomic mass is 9.51. The molecule has 4 saturated carbocycles. The van der Waals surface area contributed by atoms with Gasteiger partial charge >= 0.3 is 0 Å². The Kier molecular flexibility index (Phi) is 3.25.